The molecule has 1 atom stereocenters. The highest BCUT2D eigenvalue weighted by atomic mass is 19.1. The van der Waals surface area contributed by atoms with Crippen molar-refractivity contribution in [3.05, 3.63) is 118 Å². The summed E-state index contributed by atoms with van der Waals surface area (Å²) in [5, 5.41) is 9.60. The summed E-state index contributed by atoms with van der Waals surface area (Å²) in [6.45, 7) is 0.738. The maximum atomic E-state index is 14.5. The average molecular weight is 593 g/mol. The van der Waals surface area contributed by atoms with Crippen molar-refractivity contribution >= 4 is 40.3 Å². The number of nitrogens with one attached hydrogen (secondary N) is 3. The van der Waals surface area contributed by atoms with Crippen LogP contribution in [-0.2, 0) is 40.4 Å². The summed E-state index contributed by atoms with van der Waals surface area (Å²) in [6.07, 6.45) is 0.379. The molecule has 0 bridgehead atoms. The van der Waals surface area contributed by atoms with E-state index in [1.165, 1.54) is 11.0 Å². The lowest BCUT2D eigenvalue weighted by molar-refractivity contribution is -0.137. The molecule has 222 valence electrons. The zero-order valence-corrected chi connectivity index (χ0v) is 23.7. The van der Waals surface area contributed by atoms with Crippen LogP contribution in [-0.4, -0.2) is 40.5 Å². The zero-order chi connectivity index (χ0) is 30.8. The molecular weight excluding hydrogens is 563 g/mol. The minimum absolute atomic E-state index is 0.0664. The van der Waals surface area contributed by atoms with E-state index in [1.807, 2.05) is 48.5 Å². The van der Waals surface area contributed by atoms with Crippen LogP contribution in [0.3, 0.4) is 0 Å². The molecule has 1 saturated heterocycles. The predicted molar refractivity (Wildman–Crippen MR) is 160 cm³/mol. The van der Waals surface area contributed by atoms with Crippen molar-refractivity contribution in [2.75, 3.05) is 0 Å². The first kappa shape index (κ1) is 28.7. The van der Waals surface area contributed by atoms with E-state index in [1.54, 1.807) is 24.3 Å². The van der Waals surface area contributed by atoms with Crippen molar-refractivity contribution in [3.8, 4) is 0 Å². The molecule has 44 heavy (non-hydrogen) atoms. The third-order valence-corrected chi connectivity index (χ3v) is 8.07. The Morgan fingerprint density at radius 3 is 2.36 bits per heavy atom. The molecule has 2 aliphatic heterocycles. The Morgan fingerprint density at radius 2 is 1.61 bits per heavy atom. The van der Waals surface area contributed by atoms with Crippen LogP contribution in [0.4, 0.5) is 4.39 Å². The number of rotatable bonds is 8. The van der Waals surface area contributed by atoms with Crippen LogP contribution in [0, 0.1) is 5.82 Å². The molecule has 10 heteroatoms. The molecule has 0 spiro atoms. The number of hydrogen-bond donors (Lipinski definition) is 3. The summed E-state index contributed by atoms with van der Waals surface area (Å²) < 4.78 is 14.5. The molecule has 9 nitrogen and oxygen atoms in total. The number of nitrogens with zero attached hydrogens (tertiary/aromatic N) is 1. The highest BCUT2D eigenvalue weighted by molar-refractivity contribution is 6.06. The first-order chi connectivity index (χ1) is 21.3. The highest BCUT2D eigenvalue weighted by Crippen LogP contribution is 2.28. The number of amides is 5. The second kappa shape index (κ2) is 12.1. The molecule has 1 unspecified atom stereocenters. The monoisotopic (exact) mass is 592 g/mol. The molecule has 0 saturated carbocycles. The molecule has 0 aliphatic carbocycles. The van der Waals surface area contributed by atoms with Crippen LogP contribution in [0.15, 0.2) is 78.9 Å². The van der Waals surface area contributed by atoms with E-state index in [2.05, 4.69) is 16.0 Å². The minimum Gasteiger partial charge on any atom is -0.352 e. The maximum absolute atomic E-state index is 14.5. The van der Waals surface area contributed by atoms with E-state index in [4.69, 9.17) is 0 Å². The van der Waals surface area contributed by atoms with Crippen molar-refractivity contribution < 1.29 is 28.4 Å². The number of imide groups is 1. The molecule has 2 aliphatic rings. The van der Waals surface area contributed by atoms with Gasteiger partial charge in [-0.1, -0.05) is 54.6 Å². The number of carbonyl (C=O) groups excluding carboxylic acids is 5. The van der Waals surface area contributed by atoms with Crippen molar-refractivity contribution in [1.82, 2.24) is 20.9 Å². The average Bonchev–Trinajstić information content (AvgIpc) is 3.35. The molecule has 1 fully saturated rings. The number of benzene rings is 4. The fourth-order valence-electron chi connectivity index (χ4n) is 5.69. The molecule has 0 radical (unpaired) electrons. The van der Waals surface area contributed by atoms with Gasteiger partial charge in [-0.05, 0) is 58.1 Å². The van der Waals surface area contributed by atoms with Crippen molar-refractivity contribution in [2.45, 2.75) is 44.9 Å². The lowest BCUT2D eigenvalue weighted by Gasteiger charge is -2.29. The second-order valence-corrected chi connectivity index (χ2v) is 11.0. The lowest BCUT2D eigenvalue weighted by Crippen LogP contribution is -2.52. The van der Waals surface area contributed by atoms with Gasteiger partial charge < -0.3 is 15.5 Å². The Kier molecular flexibility index (Phi) is 7.89. The van der Waals surface area contributed by atoms with Gasteiger partial charge in [-0.3, -0.25) is 29.3 Å². The summed E-state index contributed by atoms with van der Waals surface area (Å²) in [4.78, 5) is 63.6. The fraction of sp³-hybridized carbons (Fsp3) is 0.206. The topological polar surface area (TPSA) is 125 Å². The summed E-state index contributed by atoms with van der Waals surface area (Å²) in [7, 11) is 0. The van der Waals surface area contributed by atoms with Gasteiger partial charge in [0.15, 0.2) is 0 Å². The number of halogens is 1. The number of fused-ring (bicyclic) bond motifs is 2. The van der Waals surface area contributed by atoms with Gasteiger partial charge in [-0.2, -0.15) is 0 Å². The summed E-state index contributed by atoms with van der Waals surface area (Å²) in [6, 6.07) is 22.0. The molecule has 2 heterocycles. The number of carbonyl (C=O) groups is 5. The Bertz CT molecular complexity index is 1820. The van der Waals surface area contributed by atoms with E-state index in [9.17, 15) is 28.4 Å². The summed E-state index contributed by atoms with van der Waals surface area (Å²) in [5.74, 6) is -2.12. The van der Waals surface area contributed by atoms with E-state index in [-0.39, 0.29) is 62.5 Å². The molecule has 6 rings (SSSR count). The Hall–Kier alpha value is -5.38. The number of piperidine rings is 1. The Morgan fingerprint density at radius 1 is 0.886 bits per heavy atom. The van der Waals surface area contributed by atoms with Gasteiger partial charge in [0.05, 0.1) is 6.42 Å². The predicted octanol–water partition coefficient (Wildman–Crippen LogP) is 3.53. The van der Waals surface area contributed by atoms with Gasteiger partial charge in [-0.15, -0.1) is 0 Å². The van der Waals surface area contributed by atoms with Crippen molar-refractivity contribution in [1.29, 1.82) is 0 Å². The molecular formula is C34H29FN4O5. The normalized spacial score (nSPS) is 16.1. The van der Waals surface area contributed by atoms with E-state index >= 15 is 0 Å². The van der Waals surface area contributed by atoms with Gasteiger partial charge in [0, 0.05) is 42.7 Å². The maximum Gasteiger partial charge on any atom is 0.255 e. The molecule has 4 aromatic rings. The second-order valence-electron chi connectivity index (χ2n) is 11.0. The Labute approximate surface area is 252 Å². The molecule has 5 amide bonds. The van der Waals surface area contributed by atoms with Crippen LogP contribution in [0.1, 0.15) is 55.8 Å². The van der Waals surface area contributed by atoms with Gasteiger partial charge in [0.2, 0.25) is 17.7 Å². The molecule has 0 aromatic heterocycles. The summed E-state index contributed by atoms with van der Waals surface area (Å²) in [5.41, 5.74) is 3.57. The quantitative estimate of drug-likeness (QED) is 0.270. The number of hydrogen-bond acceptors (Lipinski definition) is 5. The van der Waals surface area contributed by atoms with Crippen LogP contribution < -0.4 is 16.0 Å². The van der Waals surface area contributed by atoms with Gasteiger partial charge in [0.25, 0.3) is 11.8 Å². The first-order valence-electron chi connectivity index (χ1n) is 14.3. The van der Waals surface area contributed by atoms with Gasteiger partial charge in [0.1, 0.15) is 11.9 Å². The lowest BCUT2D eigenvalue weighted by atomic mass is 10.0. The SMILES string of the molecule is O=C(Cc1c(F)ccc2ccccc12)NCc1ccc(CNC(=O)c2ccc3c(c2)CN(C2CCC(=O)NC2=O)C3=O)cc1. The van der Waals surface area contributed by atoms with Crippen LogP contribution in [0.5, 0.6) is 0 Å². The smallest absolute Gasteiger partial charge is 0.255 e. The van der Waals surface area contributed by atoms with Crippen molar-refractivity contribution in [3.63, 3.8) is 0 Å². The van der Waals surface area contributed by atoms with Gasteiger partial charge in [-0.25, -0.2) is 4.39 Å². The third-order valence-electron chi connectivity index (χ3n) is 8.07. The van der Waals surface area contributed by atoms with Crippen molar-refractivity contribution in [2.24, 2.45) is 0 Å². The van der Waals surface area contributed by atoms with E-state index in [0.717, 1.165) is 21.9 Å². The standard InChI is InChI=1S/C34H29FN4O5/c35-28-12-10-22-3-1-2-4-25(22)27(28)16-31(41)36-17-20-5-7-21(8-6-20)18-37-32(42)23-9-11-26-24(15-23)19-39(34(26)44)29-13-14-30(40)38-33(29)43/h1-12,15,29H,13-14,16-19H2,(H,36,41)(H,37,42)(H,38,40,43). The largest absolute Gasteiger partial charge is 0.352 e. The molecule has 3 N–H and O–H groups in total. The van der Waals surface area contributed by atoms with E-state index in [0.29, 0.717) is 22.3 Å². The fourth-order valence-corrected chi connectivity index (χ4v) is 5.69. The zero-order valence-electron chi connectivity index (χ0n) is 23.7. The Balaban J connectivity index is 1.01. The van der Waals surface area contributed by atoms with E-state index < -0.39 is 17.8 Å². The minimum atomic E-state index is -0.714. The van der Waals surface area contributed by atoms with Crippen LogP contribution in [0.25, 0.3) is 10.8 Å². The summed E-state index contributed by atoms with van der Waals surface area (Å²) >= 11 is 0. The van der Waals surface area contributed by atoms with Gasteiger partial charge >= 0.3 is 0 Å². The first-order valence-corrected chi connectivity index (χ1v) is 14.3. The van der Waals surface area contributed by atoms with Crippen LogP contribution in [0.2, 0.25) is 0 Å². The highest BCUT2D eigenvalue weighted by Gasteiger charge is 2.39. The third kappa shape index (κ3) is 5.92. The molecule has 4 aromatic carbocycles. The van der Waals surface area contributed by atoms with Crippen LogP contribution >= 0.6 is 0 Å².